The molecule has 1 amide bonds. The largest absolute Gasteiger partial charge is 0.366 e. The standard InChI is InChI=1S/C13H20N2OS2/c1-17-11-4-2-10(3-5-11)15-7-12-6-9(8-18-12)13(14)16/h6,8,10-11,15H,2-5,7H2,1H3,(H2,14,16). The highest BCUT2D eigenvalue weighted by Crippen LogP contribution is 2.27. The van der Waals surface area contributed by atoms with E-state index in [0.717, 1.165) is 11.8 Å². The lowest BCUT2D eigenvalue weighted by molar-refractivity contribution is 0.100. The van der Waals surface area contributed by atoms with Gasteiger partial charge in [0.25, 0.3) is 0 Å². The molecule has 5 heteroatoms. The van der Waals surface area contributed by atoms with Crippen LogP contribution in [0, 0.1) is 0 Å². The van der Waals surface area contributed by atoms with Crippen LogP contribution in [0.3, 0.4) is 0 Å². The van der Waals surface area contributed by atoms with E-state index in [4.69, 9.17) is 5.73 Å². The second-order valence-electron chi connectivity index (χ2n) is 4.76. The molecule has 0 saturated heterocycles. The molecular weight excluding hydrogens is 264 g/mol. The van der Waals surface area contributed by atoms with Crippen molar-refractivity contribution in [3.05, 3.63) is 21.9 Å². The number of hydrogen-bond acceptors (Lipinski definition) is 4. The van der Waals surface area contributed by atoms with E-state index in [0.29, 0.717) is 11.6 Å². The average Bonchev–Trinajstić information content (AvgIpc) is 2.86. The van der Waals surface area contributed by atoms with Gasteiger partial charge in [0.15, 0.2) is 0 Å². The number of carbonyl (C=O) groups is 1. The Kier molecular flexibility index (Phi) is 5.09. The number of thiophene rings is 1. The van der Waals surface area contributed by atoms with Crippen molar-refractivity contribution in [1.29, 1.82) is 0 Å². The van der Waals surface area contributed by atoms with Gasteiger partial charge in [0.2, 0.25) is 5.91 Å². The molecular formula is C13H20N2OS2. The van der Waals surface area contributed by atoms with Crippen molar-refractivity contribution in [2.24, 2.45) is 5.73 Å². The zero-order valence-corrected chi connectivity index (χ0v) is 12.3. The van der Waals surface area contributed by atoms with Gasteiger partial charge >= 0.3 is 0 Å². The third kappa shape index (κ3) is 3.73. The molecule has 1 fully saturated rings. The fraction of sp³-hybridized carbons (Fsp3) is 0.615. The molecule has 3 nitrogen and oxygen atoms in total. The lowest BCUT2D eigenvalue weighted by Crippen LogP contribution is -2.33. The van der Waals surface area contributed by atoms with E-state index in [-0.39, 0.29) is 5.91 Å². The van der Waals surface area contributed by atoms with Crippen molar-refractivity contribution < 1.29 is 4.79 Å². The summed E-state index contributed by atoms with van der Waals surface area (Å²) in [5.74, 6) is -0.335. The van der Waals surface area contributed by atoms with Gasteiger partial charge < -0.3 is 11.1 Å². The topological polar surface area (TPSA) is 55.1 Å². The monoisotopic (exact) mass is 284 g/mol. The molecule has 0 radical (unpaired) electrons. The average molecular weight is 284 g/mol. The van der Waals surface area contributed by atoms with Crippen molar-refractivity contribution in [1.82, 2.24) is 5.32 Å². The van der Waals surface area contributed by atoms with E-state index in [1.807, 2.05) is 23.2 Å². The van der Waals surface area contributed by atoms with Gasteiger partial charge in [-0.1, -0.05) is 0 Å². The van der Waals surface area contributed by atoms with Gasteiger partial charge in [-0.15, -0.1) is 11.3 Å². The Balaban J connectivity index is 1.76. The molecule has 0 spiro atoms. The van der Waals surface area contributed by atoms with Crippen LogP contribution in [0.1, 0.15) is 40.9 Å². The minimum Gasteiger partial charge on any atom is -0.366 e. The first-order chi connectivity index (χ1) is 8.69. The van der Waals surface area contributed by atoms with Crippen molar-refractivity contribution in [3.63, 3.8) is 0 Å². The normalized spacial score (nSPS) is 24.1. The molecule has 1 aromatic rings. The van der Waals surface area contributed by atoms with Crippen LogP contribution in [-0.4, -0.2) is 23.5 Å². The highest BCUT2D eigenvalue weighted by atomic mass is 32.2. The van der Waals surface area contributed by atoms with Gasteiger partial charge in [0, 0.05) is 28.1 Å². The van der Waals surface area contributed by atoms with E-state index < -0.39 is 0 Å². The number of carbonyl (C=O) groups excluding carboxylic acids is 1. The number of primary amides is 1. The summed E-state index contributed by atoms with van der Waals surface area (Å²) in [6.07, 6.45) is 7.36. The van der Waals surface area contributed by atoms with Crippen LogP contribution in [0.15, 0.2) is 11.4 Å². The summed E-state index contributed by atoms with van der Waals surface area (Å²) in [7, 11) is 0. The Morgan fingerprint density at radius 1 is 1.50 bits per heavy atom. The van der Waals surface area contributed by atoms with Crippen molar-refractivity contribution in [3.8, 4) is 0 Å². The maximum absolute atomic E-state index is 11.0. The molecule has 1 aromatic heterocycles. The van der Waals surface area contributed by atoms with Gasteiger partial charge in [-0.25, -0.2) is 0 Å². The van der Waals surface area contributed by atoms with Crippen LogP contribution in [0.5, 0.6) is 0 Å². The highest BCUT2D eigenvalue weighted by Gasteiger charge is 2.19. The quantitative estimate of drug-likeness (QED) is 0.874. The number of hydrogen-bond donors (Lipinski definition) is 2. The van der Waals surface area contributed by atoms with Crippen LogP contribution in [-0.2, 0) is 6.54 Å². The summed E-state index contributed by atoms with van der Waals surface area (Å²) in [5.41, 5.74) is 5.87. The molecule has 2 rings (SSSR count). The summed E-state index contributed by atoms with van der Waals surface area (Å²) < 4.78 is 0. The Morgan fingerprint density at radius 3 is 2.78 bits per heavy atom. The first-order valence-electron chi connectivity index (χ1n) is 6.32. The van der Waals surface area contributed by atoms with E-state index in [9.17, 15) is 4.79 Å². The molecule has 0 aromatic carbocycles. The molecule has 1 aliphatic rings. The molecule has 0 aliphatic heterocycles. The lowest BCUT2D eigenvalue weighted by atomic mass is 9.95. The van der Waals surface area contributed by atoms with Gasteiger partial charge in [0.1, 0.15) is 0 Å². The number of rotatable bonds is 5. The summed E-state index contributed by atoms with van der Waals surface area (Å²) in [4.78, 5) is 12.2. The molecule has 1 heterocycles. The van der Waals surface area contributed by atoms with Crippen LogP contribution in [0.25, 0.3) is 0 Å². The summed E-state index contributed by atoms with van der Waals surface area (Å²) in [6.45, 7) is 0.854. The molecule has 3 N–H and O–H groups in total. The molecule has 1 saturated carbocycles. The SMILES string of the molecule is CSC1CCC(NCc2cc(C(N)=O)cs2)CC1. The maximum atomic E-state index is 11.0. The lowest BCUT2D eigenvalue weighted by Gasteiger charge is -2.28. The van der Waals surface area contributed by atoms with Gasteiger partial charge in [-0.3, -0.25) is 4.79 Å². The van der Waals surface area contributed by atoms with Crippen LogP contribution in [0.4, 0.5) is 0 Å². The van der Waals surface area contributed by atoms with E-state index in [1.165, 1.54) is 30.6 Å². The van der Waals surface area contributed by atoms with Gasteiger partial charge in [-0.05, 0) is 38.0 Å². The summed E-state index contributed by atoms with van der Waals surface area (Å²) in [5, 5.41) is 6.27. The molecule has 100 valence electrons. The zero-order chi connectivity index (χ0) is 13.0. The molecule has 18 heavy (non-hydrogen) atoms. The second kappa shape index (κ2) is 6.59. The fourth-order valence-corrected chi connectivity index (χ4v) is 3.92. The number of amides is 1. The Labute approximate surface area is 117 Å². The number of nitrogens with one attached hydrogen (secondary N) is 1. The molecule has 0 atom stereocenters. The Bertz CT molecular complexity index is 397. The minimum atomic E-state index is -0.335. The smallest absolute Gasteiger partial charge is 0.249 e. The van der Waals surface area contributed by atoms with Crippen molar-refractivity contribution in [2.75, 3.05) is 6.26 Å². The fourth-order valence-electron chi connectivity index (χ4n) is 2.35. The zero-order valence-electron chi connectivity index (χ0n) is 10.6. The van der Waals surface area contributed by atoms with Crippen molar-refractivity contribution in [2.45, 2.75) is 43.5 Å². The van der Waals surface area contributed by atoms with E-state index in [1.54, 1.807) is 11.3 Å². The third-order valence-corrected chi connectivity index (χ3v) is 5.59. The molecule has 0 bridgehead atoms. The Hall–Kier alpha value is -0.520. The van der Waals surface area contributed by atoms with E-state index >= 15 is 0 Å². The van der Waals surface area contributed by atoms with Crippen LogP contribution in [0.2, 0.25) is 0 Å². The first-order valence-corrected chi connectivity index (χ1v) is 8.49. The predicted octanol–water partition coefficient (Wildman–Crippen LogP) is 2.61. The minimum absolute atomic E-state index is 0.335. The summed E-state index contributed by atoms with van der Waals surface area (Å²) in [6, 6.07) is 2.53. The number of nitrogens with two attached hydrogens (primary N) is 1. The van der Waals surface area contributed by atoms with Gasteiger partial charge in [-0.2, -0.15) is 11.8 Å². The van der Waals surface area contributed by atoms with Crippen LogP contribution < -0.4 is 11.1 Å². The highest BCUT2D eigenvalue weighted by molar-refractivity contribution is 7.99. The molecule has 1 aliphatic carbocycles. The summed E-state index contributed by atoms with van der Waals surface area (Å²) >= 11 is 3.60. The van der Waals surface area contributed by atoms with Crippen LogP contribution >= 0.6 is 23.1 Å². The third-order valence-electron chi connectivity index (χ3n) is 3.51. The van der Waals surface area contributed by atoms with E-state index in [2.05, 4.69) is 11.6 Å². The second-order valence-corrected chi connectivity index (χ2v) is 6.89. The molecule has 0 unspecified atom stereocenters. The first kappa shape index (κ1) is 13.9. The van der Waals surface area contributed by atoms with Gasteiger partial charge in [0.05, 0.1) is 5.56 Å². The van der Waals surface area contributed by atoms with Crippen molar-refractivity contribution >= 4 is 29.0 Å². The Morgan fingerprint density at radius 2 is 2.22 bits per heavy atom. The predicted molar refractivity (Wildman–Crippen MR) is 79.2 cm³/mol. The maximum Gasteiger partial charge on any atom is 0.249 e. The number of thioether (sulfide) groups is 1.